The first-order valence-corrected chi connectivity index (χ1v) is 9.43. The summed E-state index contributed by atoms with van der Waals surface area (Å²) in [4.78, 5) is 17.5. The third-order valence-electron chi connectivity index (χ3n) is 4.31. The lowest BCUT2D eigenvalue weighted by atomic mass is 10.3. The summed E-state index contributed by atoms with van der Waals surface area (Å²) < 4.78 is 5.91. The first kappa shape index (κ1) is 22.5. The highest BCUT2D eigenvalue weighted by Gasteiger charge is 2.21. The van der Waals surface area contributed by atoms with Crippen LogP contribution in [0.1, 0.15) is 6.92 Å². The number of ether oxygens (including phenoxy) is 1. The molecule has 152 valence electrons. The predicted octanol–water partition coefficient (Wildman–Crippen LogP) is 2.91. The van der Waals surface area contributed by atoms with Crippen LogP contribution in [0.2, 0.25) is 5.02 Å². The third-order valence-corrected chi connectivity index (χ3v) is 4.54. The molecule has 0 saturated carbocycles. The Kier molecular flexibility index (Phi) is 9.04. The van der Waals surface area contributed by atoms with Crippen LogP contribution in [-0.4, -0.2) is 66.7 Å². The number of benzene rings is 1. The molecule has 0 aliphatic carbocycles. The molecular formula is C19H26ClIN6O. The maximum Gasteiger partial charge on any atom is 0.225 e. The molecule has 2 heterocycles. The molecule has 1 atom stereocenters. The molecule has 1 aromatic carbocycles. The zero-order valence-corrected chi connectivity index (χ0v) is 19.2. The topological polar surface area (TPSA) is 65.9 Å². The lowest BCUT2D eigenvalue weighted by Crippen LogP contribution is -2.53. The highest BCUT2D eigenvalue weighted by Crippen LogP contribution is 2.18. The number of halogens is 2. The number of anilines is 1. The summed E-state index contributed by atoms with van der Waals surface area (Å²) in [5.74, 6) is 2.43. The van der Waals surface area contributed by atoms with Gasteiger partial charge in [-0.3, -0.25) is 4.99 Å². The van der Waals surface area contributed by atoms with Gasteiger partial charge < -0.3 is 19.9 Å². The first-order valence-electron chi connectivity index (χ1n) is 9.05. The predicted molar refractivity (Wildman–Crippen MR) is 124 cm³/mol. The minimum Gasteiger partial charge on any atom is -0.489 e. The van der Waals surface area contributed by atoms with E-state index in [-0.39, 0.29) is 30.1 Å². The molecule has 0 radical (unpaired) electrons. The van der Waals surface area contributed by atoms with Gasteiger partial charge in [-0.15, -0.1) is 24.0 Å². The zero-order chi connectivity index (χ0) is 19.1. The fourth-order valence-electron chi connectivity index (χ4n) is 2.95. The number of guanidine groups is 1. The summed E-state index contributed by atoms with van der Waals surface area (Å²) in [6, 6.07) is 9.27. The van der Waals surface area contributed by atoms with Crippen LogP contribution in [-0.2, 0) is 0 Å². The van der Waals surface area contributed by atoms with E-state index in [2.05, 4.69) is 30.1 Å². The average Bonchev–Trinajstić information content (AvgIpc) is 2.69. The summed E-state index contributed by atoms with van der Waals surface area (Å²) in [5, 5.41) is 4.07. The molecule has 1 saturated heterocycles. The van der Waals surface area contributed by atoms with Crippen LogP contribution < -0.4 is 15.0 Å². The molecular weight excluding hydrogens is 491 g/mol. The van der Waals surface area contributed by atoms with Gasteiger partial charge in [-0.05, 0) is 31.2 Å². The maximum atomic E-state index is 6.00. The van der Waals surface area contributed by atoms with Gasteiger partial charge in [0.05, 0.1) is 6.54 Å². The number of hydrogen-bond donors (Lipinski definition) is 1. The van der Waals surface area contributed by atoms with Crippen LogP contribution in [0, 0.1) is 0 Å². The van der Waals surface area contributed by atoms with Crippen molar-refractivity contribution in [2.24, 2.45) is 4.99 Å². The van der Waals surface area contributed by atoms with E-state index >= 15 is 0 Å². The van der Waals surface area contributed by atoms with Crippen molar-refractivity contribution in [1.29, 1.82) is 0 Å². The monoisotopic (exact) mass is 516 g/mol. The van der Waals surface area contributed by atoms with E-state index < -0.39 is 0 Å². The van der Waals surface area contributed by atoms with Gasteiger partial charge in [0.15, 0.2) is 5.96 Å². The Morgan fingerprint density at radius 2 is 1.93 bits per heavy atom. The highest BCUT2D eigenvalue weighted by molar-refractivity contribution is 14.0. The second-order valence-corrected chi connectivity index (χ2v) is 6.77. The van der Waals surface area contributed by atoms with Crippen LogP contribution in [0.5, 0.6) is 5.75 Å². The van der Waals surface area contributed by atoms with Crippen LogP contribution in [0.4, 0.5) is 5.95 Å². The van der Waals surface area contributed by atoms with Gasteiger partial charge in [0.25, 0.3) is 0 Å². The zero-order valence-electron chi connectivity index (χ0n) is 16.1. The number of nitrogens with one attached hydrogen (secondary N) is 1. The molecule has 0 spiro atoms. The molecule has 0 bridgehead atoms. The lowest BCUT2D eigenvalue weighted by Gasteiger charge is -2.36. The van der Waals surface area contributed by atoms with Crippen molar-refractivity contribution in [3.63, 3.8) is 0 Å². The number of rotatable bonds is 5. The Labute approximate surface area is 188 Å². The van der Waals surface area contributed by atoms with Crippen LogP contribution >= 0.6 is 35.6 Å². The lowest BCUT2D eigenvalue weighted by molar-refractivity contribution is 0.221. The fraction of sp³-hybridized carbons (Fsp3) is 0.421. The number of aliphatic imine (C=N–C) groups is 1. The van der Waals surface area contributed by atoms with Crippen molar-refractivity contribution in [3.8, 4) is 5.75 Å². The van der Waals surface area contributed by atoms with Gasteiger partial charge in [-0.25, -0.2) is 9.97 Å². The van der Waals surface area contributed by atoms with E-state index in [0.29, 0.717) is 11.6 Å². The molecule has 3 rings (SSSR count). The molecule has 9 heteroatoms. The second-order valence-electron chi connectivity index (χ2n) is 6.34. The van der Waals surface area contributed by atoms with Crippen molar-refractivity contribution in [3.05, 3.63) is 47.7 Å². The minimum atomic E-state index is -0.0146. The molecule has 1 aliphatic heterocycles. The van der Waals surface area contributed by atoms with E-state index in [1.54, 1.807) is 19.4 Å². The van der Waals surface area contributed by atoms with Gasteiger partial charge in [0, 0.05) is 50.6 Å². The van der Waals surface area contributed by atoms with E-state index in [1.807, 2.05) is 37.3 Å². The van der Waals surface area contributed by atoms with E-state index in [0.717, 1.165) is 43.8 Å². The smallest absolute Gasteiger partial charge is 0.225 e. The first-order chi connectivity index (χ1) is 13.2. The van der Waals surface area contributed by atoms with Gasteiger partial charge in [0.2, 0.25) is 5.95 Å². The molecule has 1 unspecified atom stereocenters. The van der Waals surface area contributed by atoms with Crippen LogP contribution in [0.15, 0.2) is 47.7 Å². The molecule has 1 aromatic heterocycles. The summed E-state index contributed by atoms with van der Waals surface area (Å²) in [6.45, 7) is 6.12. The van der Waals surface area contributed by atoms with Crippen molar-refractivity contribution < 1.29 is 4.74 Å². The molecule has 0 amide bonds. The van der Waals surface area contributed by atoms with E-state index in [4.69, 9.17) is 16.3 Å². The molecule has 28 heavy (non-hydrogen) atoms. The SMILES string of the molecule is CN=C(NCC(C)Oc1cccc(Cl)c1)N1CCN(c2ncccn2)CC1.I. The maximum absolute atomic E-state index is 6.00. The van der Waals surface area contributed by atoms with Gasteiger partial charge >= 0.3 is 0 Å². The number of hydrogen-bond acceptors (Lipinski definition) is 5. The number of nitrogens with zero attached hydrogens (tertiary/aromatic N) is 5. The Balaban J connectivity index is 0.00000280. The average molecular weight is 517 g/mol. The third kappa shape index (κ3) is 6.37. The van der Waals surface area contributed by atoms with E-state index in [9.17, 15) is 0 Å². The molecule has 1 fully saturated rings. The van der Waals surface area contributed by atoms with Gasteiger partial charge in [-0.2, -0.15) is 0 Å². The van der Waals surface area contributed by atoms with Crippen molar-refractivity contribution in [2.75, 3.05) is 44.7 Å². The van der Waals surface area contributed by atoms with Crippen LogP contribution in [0.25, 0.3) is 0 Å². The summed E-state index contributed by atoms with van der Waals surface area (Å²) >= 11 is 6.00. The normalized spacial score (nSPS) is 15.6. The van der Waals surface area contributed by atoms with Gasteiger partial charge in [-0.1, -0.05) is 17.7 Å². The van der Waals surface area contributed by atoms with Crippen molar-refractivity contribution >= 4 is 47.5 Å². The standard InChI is InChI=1S/C19H25ClN6O.HI/c1-15(27-17-6-3-5-16(20)13-17)14-24-18(21-2)25-9-11-26(12-10-25)19-22-7-4-8-23-19;/h3-8,13,15H,9-12,14H2,1-2H3,(H,21,24);1H. The Morgan fingerprint density at radius 1 is 1.21 bits per heavy atom. The molecule has 7 nitrogen and oxygen atoms in total. The number of aromatic nitrogens is 2. The van der Waals surface area contributed by atoms with Crippen molar-refractivity contribution in [1.82, 2.24) is 20.2 Å². The minimum absolute atomic E-state index is 0. The summed E-state index contributed by atoms with van der Waals surface area (Å²) in [5.41, 5.74) is 0. The largest absolute Gasteiger partial charge is 0.489 e. The highest BCUT2D eigenvalue weighted by atomic mass is 127. The molecule has 1 N–H and O–H groups in total. The fourth-order valence-corrected chi connectivity index (χ4v) is 3.13. The van der Waals surface area contributed by atoms with Crippen LogP contribution in [0.3, 0.4) is 0 Å². The second kappa shape index (κ2) is 11.3. The van der Waals surface area contributed by atoms with Gasteiger partial charge in [0.1, 0.15) is 11.9 Å². The molecule has 1 aliphatic rings. The Morgan fingerprint density at radius 3 is 2.57 bits per heavy atom. The Hall–Kier alpha value is -1.81. The quantitative estimate of drug-likeness (QED) is 0.375. The summed E-state index contributed by atoms with van der Waals surface area (Å²) in [7, 11) is 1.80. The van der Waals surface area contributed by atoms with E-state index in [1.165, 1.54) is 0 Å². The molecule has 2 aromatic rings. The Bertz CT molecular complexity index is 755. The number of piperazine rings is 1. The summed E-state index contributed by atoms with van der Waals surface area (Å²) in [6.07, 6.45) is 3.53. The van der Waals surface area contributed by atoms with Crippen molar-refractivity contribution in [2.45, 2.75) is 13.0 Å².